The summed E-state index contributed by atoms with van der Waals surface area (Å²) in [7, 11) is -26.7. The summed E-state index contributed by atoms with van der Waals surface area (Å²) in [4.78, 5) is 0. The summed E-state index contributed by atoms with van der Waals surface area (Å²) in [6.45, 7) is 120. The molecule has 0 atom stereocenters. The van der Waals surface area contributed by atoms with Crippen LogP contribution < -0.4 is 10.4 Å². The Hall–Kier alpha value is 2.39. The van der Waals surface area contributed by atoms with Crippen LogP contribution in [-0.4, -0.2) is 127 Å². The van der Waals surface area contributed by atoms with Crippen LogP contribution >= 0.6 is 15.3 Å². The molecular formula is C61H137BrSi16. The van der Waals surface area contributed by atoms with Crippen molar-refractivity contribution in [2.24, 2.45) is 0 Å². The molecule has 0 nitrogen and oxygen atoms in total. The smallest absolute Gasteiger partial charge is 0.0980 e. The molecule has 0 unspecified atom stereocenters. The highest BCUT2D eigenvalue weighted by atomic mass is 79.9. The summed E-state index contributed by atoms with van der Waals surface area (Å²) in [5.74, 6) is 0. The summed E-state index contributed by atoms with van der Waals surface area (Å²) in [5.41, 5.74) is 11.4. The highest BCUT2D eigenvalue weighted by Crippen LogP contribution is 2.54. The van der Waals surface area contributed by atoms with Gasteiger partial charge >= 0.3 is 0 Å². The first kappa shape index (κ1) is 76.5. The first-order chi connectivity index (χ1) is 33.5. The number of hydrogen-bond donors (Lipinski definition) is 0. The number of benzene rings is 2. The quantitative estimate of drug-likeness (QED) is 0.0814. The Morgan fingerprint density at radius 2 is 0.410 bits per heavy atom. The van der Waals surface area contributed by atoms with Crippen molar-refractivity contribution in [3.8, 4) is 0 Å². The van der Waals surface area contributed by atoms with Gasteiger partial charge in [-0.25, -0.2) is 0 Å². The maximum atomic E-state index is 5.31. The van der Waals surface area contributed by atoms with Gasteiger partial charge in [-0.3, -0.25) is 0 Å². The second kappa shape index (κ2) is 23.4. The molecule has 0 heterocycles. The largest absolute Gasteiger partial charge is 0.109 e. The third-order valence-electron chi connectivity index (χ3n) is 19.1. The molecule has 0 aromatic heterocycles. The Balaban J connectivity index is 4.37. The van der Waals surface area contributed by atoms with E-state index in [0.29, 0.717) is 29.2 Å². The second-order valence-corrected chi connectivity index (χ2v) is 131. The molecule has 0 radical (unpaired) electrons. The topological polar surface area (TPSA) is 0 Å². The van der Waals surface area contributed by atoms with Crippen molar-refractivity contribution >= 4 is 153 Å². The summed E-state index contributed by atoms with van der Waals surface area (Å²) in [6, 6.07) is 12.5. The van der Waals surface area contributed by atoms with Gasteiger partial charge in [-0.2, -0.15) is 0 Å². The van der Waals surface area contributed by atoms with Crippen molar-refractivity contribution < 1.29 is 0 Å². The van der Waals surface area contributed by atoms with E-state index in [1.165, 1.54) is 0 Å². The van der Waals surface area contributed by atoms with Gasteiger partial charge in [-0.05, 0) is 73.0 Å². The molecule has 2 aromatic carbocycles. The molecule has 2 aromatic rings. The molecule has 17 heteroatoms. The molecule has 0 aliphatic rings. The van der Waals surface area contributed by atoms with Crippen molar-refractivity contribution in [3.63, 3.8) is 0 Å². The van der Waals surface area contributed by atoms with Crippen LogP contribution in [0.5, 0.6) is 0 Å². The third-order valence-corrected chi connectivity index (χ3v) is 111. The summed E-state index contributed by atoms with van der Waals surface area (Å²) in [6.07, 6.45) is 0. The normalized spacial score (nSPS) is 16.1. The first-order valence-corrected chi connectivity index (χ1v) is 87.6. The van der Waals surface area contributed by atoms with E-state index in [2.05, 4.69) is 306 Å². The maximum Gasteiger partial charge on any atom is 0.109 e. The lowest BCUT2D eigenvalue weighted by Crippen LogP contribution is -2.74. The van der Waals surface area contributed by atoms with Crippen LogP contribution in [0.15, 0.2) is 24.3 Å². The second-order valence-electron chi connectivity index (χ2n) is 40.7. The number of rotatable bonds is 22. The molecule has 0 spiro atoms. The van der Waals surface area contributed by atoms with Crippen LogP contribution in [0.25, 0.3) is 0 Å². The monoisotopic (exact) mass is 1400 g/mol. The molecule has 0 aliphatic carbocycles. The Morgan fingerprint density at radius 1 is 0.269 bits per heavy atom. The van der Waals surface area contributed by atoms with E-state index in [9.17, 15) is 0 Å². The minimum absolute atomic E-state index is 0.316. The highest BCUT2D eigenvalue weighted by molar-refractivity contribution is 9.25. The van der Waals surface area contributed by atoms with Gasteiger partial charge in [0.05, 0.1) is 0 Å². The zero-order valence-electron chi connectivity index (χ0n) is 61.0. The van der Waals surface area contributed by atoms with E-state index in [1.54, 1.807) is 0 Å². The predicted octanol–water partition coefficient (Wildman–Crippen LogP) is 21.5. The average Bonchev–Trinajstić information content (AvgIpc) is 3.02. The van der Waals surface area contributed by atoms with Gasteiger partial charge in [-0.1, -0.05) is 321 Å². The molecule has 0 fully saturated rings. The summed E-state index contributed by atoms with van der Waals surface area (Å²) >= 11 is 5.31. The van der Waals surface area contributed by atoms with E-state index in [1.807, 2.05) is 43.8 Å². The van der Waals surface area contributed by atoms with E-state index in [0.717, 1.165) is 0 Å². The molecule has 0 aliphatic heterocycles. The van der Waals surface area contributed by atoms with Crippen LogP contribution in [-0.2, 0) is 8.57 Å². The van der Waals surface area contributed by atoms with Gasteiger partial charge in [-0.15, -0.1) is 0 Å². The first-order valence-electron chi connectivity index (χ1n) is 31.2. The minimum atomic E-state index is -1.84. The van der Waals surface area contributed by atoms with Gasteiger partial charge < -0.3 is 0 Å². The minimum Gasteiger partial charge on any atom is -0.0980 e. The lowest BCUT2D eigenvalue weighted by molar-refractivity contribution is 0.993. The Morgan fingerprint density at radius 3 is 0.538 bits per heavy atom. The summed E-state index contributed by atoms with van der Waals surface area (Å²) in [5, 5.41) is 6.65. The molecule has 0 bridgehead atoms. The fourth-order valence-corrected chi connectivity index (χ4v) is 144. The molecule has 0 saturated heterocycles. The Kier molecular flexibility index (Phi) is 22.9. The molecule has 0 amide bonds. The van der Waals surface area contributed by atoms with Crippen molar-refractivity contribution in [3.05, 3.63) is 57.6 Å². The van der Waals surface area contributed by atoms with E-state index in [-0.39, 0.29) is 0 Å². The van der Waals surface area contributed by atoms with Crippen LogP contribution in [0.3, 0.4) is 0 Å². The molecule has 0 saturated carbocycles. The average molecular weight is 1400 g/mol. The Labute approximate surface area is 516 Å². The van der Waals surface area contributed by atoms with Crippen molar-refractivity contribution in [2.75, 3.05) is 0 Å². The Bertz CT molecular complexity index is 2070. The molecule has 0 N–H and O–H groups in total. The molecule has 78 heavy (non-hydrogen) atoms. The van der Waals surface area contributed by atoms with Gasteiger partial charge in [0, 0.05) is 121 Å². The molecule has 452 valence electrons. The van der Waals surface area contributed by atoms with E-state index < -0.39 is 127 Å². The van der Waals surface area contributed by atoms with Gasteiger partial charge in [0.25, 0.3) is 0 Å². The lowest BCUT2D eigenvalue weighted by Gasteiger charge is -2.60. The van der Waals surface area contributed by atoms with Gasteiger partial charge in [0.15, 0.2) is 0 Å². The van der Waals surface area contributed by atoms with Crippen molar-refractivity contribution in [2.45, 2.75) is 311 Å². The van der Waals surface area contributed by atoms with E-state index >= 15 is 0 Å². The van der Waals surface area contributed by atoms with E-state index in [4.69, 9.17) is 15.3 Å². The van der Waals surface area contributed by atoms with Gasteiger partial charge in [0.2, 0.25) is 0 Å². The van der Waals surface area contributed by atoms with Crippen molar-refractivity contribution in [1.82, 2.24) is 0 Å². The highest BCUT2D eigenvalue weighted by Gasteiger charge is 2.63. The zero-order chi connectivity index (χ0) is 62.9. The predicted molar refractivity (Wildman–Crippen MR) is 420 cm³/mol. The van der Waals surface area contributed by atoms with Crippen molar-refractivity contribution in [1.29, 1.82) is 0 Å². The SMILES string of the molecule is C/[Si](c1c(C([Si](C)(C)C)[Si](C)(C)C)cc(C([Si](C)(C)C)([Si](C)(C)C)[Si](C)(C)C)cc1C([Si](C)(C)C)[Si](C)(C)C)=[Si](/Br)c1c(C([Si](C)(C)C)[Si](C)(C)C)cc(C([Si](C)(C)C)([Si](C)(C)C)[Si](C)(C)C)cc1C([Si](C)(C)C)[Si](C)(C)C. The molecular weight excluding hydrogens is 1260 g/mol. The van der Waals surface area contributed by atoms with Crippen LogP contribution in [0.1, 0.15) is 54.0 Å². The lowest BCUT2D eigenvalue weighted by atomic mass is 10.1. The van der Waals surface area contributed by atoms with Gasteiger partial charge in [0.1, 0.15) is 6.51 Å². The van der Waals surface area contributed by atoms with Crippen LogP contribution in [0, 0.1) is 0 Å². The number of halogens is 1. The zero-order valence-corrected chi connectivity index (χ0v) is 78.6. The third kappa shape index (κ3) is 15.1. The van der Waals surface area contributed by atoms with Crippen LogP contribution in [0.4, 0.5) is 0 Å². The number of hydrogen-bond acceptors (Lipinski definition) is 0. The molecule has 2 rings (SSSR count). The maximum absolute atomic E-state index is 5.31. The fourth-order valence-electron chi connectivity index (χ4n) is 22.0. The summed E-state index contributed by atoms with van der Waals surface area (Å²) < 4.78 is 0.636. The van der Waals surface area contributed by atoms with Crippen LogP contribution in [0.2, 0.25) is 282 Å². The fraction of sp³-hybridized carbons (Fsp3) is 0.803. The standard InChI is InChI=1S/C61H137BrSi16/c1-63(54-50(56(65(2,3)4)66(5,6)7)44-48(45-51(54)57(67(8,9)10)68(11,12)13)60(73(26,27)28,74(29,30)31)75(32,33)34)64(62)55-52(58(69(14,15)16)70(17,18)19)46-49(47-53(55)59(71(20,21)22)72(23,24)25)61(76(35,36)37,77(38,39)40)78(41,42)43/h44-47,56-59H,1-43H3/b64-63-.